The lowest BCUT2D eigenvalue weighted by Gasteiger charge is -2.12. The van der Waals surface area contributed by atoms with E-state index in [2.05, 4.69) is 27.5 Å². The van der Waals surface area contributed by atoms with Crippen LogP contribution in [0.4, 0.5) is 21.7 Å². The number of hydrogen-bond acceptors (Lipinski definition) is 5. The molecule has 1 aromatic heterocycles. The van der Waals surface area contributed by atoms with Crippen molar-refractivity contribution in [3.63, 3.8) is 0 Å². The second-order valence-electron chi connectivity index (χ2n) is 4.55. The maximum absolute atomic E-state index is 13.3. The first-order valence-electron chi connectivity index (χ1n) is 6.67. The first kappa shape index (κ1) is 14.7. The maximum Gasteiger partial charge on any atom is 0.141 e. The quantitative estimate of drug-likeness (QED) is 0.881. The fraction of sp³-hybridized carbons (Fsp3) is 0.267. The minimum Gasteiger partial charge on any atom is -0.370 e. The van der Waals surface area contributed by atoms with Crippen molar-refractivity contribution in [2.24, 2.45) is 0 Å². The molecule has 0 unspecified atom stereocenters. The number of aromatic nitrogens is 2. The zero-order valence-corrected chi connectivity index (χ0v) is 11.9. The third kappa shape index (κ3) is 3.45. The predicted molar refractivity (Wildman–Crippen MR) is 79.9 cm³/mol. The highest BCUT2D eigenvalue weighted by Gasteiger charge is 2.08. The lowest BCUT2D eigenvalue weighted by Crippen LogP contribution is -2.07. The standard InChI is InChI=1S/C15H16FN5/c1-3-6-18-14-10(2)15(20-9-19-14)21-12-4-5-13(16)11(7-12)8-17/h4-5,7,9H,3,6H2,1-2H3,(H2,18,19,20,21). The Bertz CT molecular complexity index is 678. The molecule has 0 spiro atoms. The molecule has 21 heavy (non-hydrogen) atoms. The molecular formula is C15H16FN5. The zero-order chi connectivity index (χ0) is 15.2. The molecule has 2 aromatic rings. The molecule has 0 bridgehead atoms. The van der Waals surface area contributed by atoms with E-state index >= 15 is 0 Å². The molecule has 0 atom stereocenters. The first-order chi connectivity index (χ1) is 10.2. The van der Waals surface area contributed by atoms with Crippen molar-refractivity contribution in [2.75, 3.05) is 17.2 Å². The summed E-state index contributed by atoms with van der Waals surface area (Å²) in [6.45, 7) is 4.80. The first-order valence-corrected chi connectivity index (χ1v) is 6.67. The Kier molecular flexibility index (Phi) is 4.67. The SMILES string of the molecule is CCCNc1ncnc(Nc2ccc(F)c(C#N)c2)c1C. The summed E-state index contributed by atoms with van der Waals surface area (Å²) in [6.07, 6.45) is 2.46. The predicted octanol–water partition coefficient (Wildman–Crippen LogP) is 3.36. The molecule has 0 saturated heterocycles. The molecule has 0 amide bonds. The van der Waals surface area contributed by atoms with E-state index in [0.29, 0.717) is 11.5 Å². The van der Waals surface area contributed by atoms with E-state index in [1.54, 1.807) is 6.07 Å². The third-order valence-corrected chi connectivity index (χ3v) is 2.98. The van der Waals surface area contributed by atoms with Gasteiger partial charge >= 0.3 is 0 Å². The molecule has 2 rings (SSSR count). The van der Waals surface area contributed by atoms with Crippen LogP contribution in [0.15, 0.2) is 24.5 Å². The number of nitriles is 1. The van der Waals surface area contributed by atoms with Crippen LogP contribution in [0.2, 0.25) is 0 Å². The highest BCUT2D eigenvalue weighted by Crippen LogP contribution is 2.23. The summed E-state index contributed by atoms with van der Waals surface area (Å²) < 4.78 is 13.3. The van der Waals surface area contributed by atoms with Gasteiger partial charge in [0.05, 0.1) is 5.56 Å². The Morgan fingerprint density at radius 3 is 2.76 bits per heavy atom. The highest BCUT2D eigenvalue weighted by molar-refractivity contribution is 5.65. The minimum absolute atomic E-state index is 0.00367. The lowest BCUT2D eigenvalue weighted by atomic mass is 10.2. The molecule has 2 N–H and O–H groups in total. The third-order valence-electron chi connectivity index (χ3n) is 2.98. The van der Waals surface area contributed by atoms with Gasteiger partial charge in [0, 0.05) is 17.8 Å². The van der Waals surface area contributed by atoms with Crippen LogP contribution in [0, 0.1) is 24.1 Å². The molecule has 5 nitrogen and oxygen atoms in total. The zero-order valence-electron chi connectivity index (χ0n) is 11.9. The molecule has 0 radical (unpaired) electrons. The van der Waals surface area contributed by atoms with Gasteiger partial charge in [-0.2, -0.15) is 5.26 Å². The summed E-state index contributed by atoms with van der Waals surface area (Å²) in [5, 5.41) is 15.2. The van der Waals surface area contributed by atoms with Crippen molar-refractivity contribution in [1.82, 2.24) is 9.97 Å². The van der Waals surface area contributed by atoms with Gasteiger partial charge in [-0.3, -0.25) is 0 Å². The Balaban J connectivity index is 2.26. The molecule has 108 valence electrons. The van der Waals surface area contributed by atoms with Gasteiger partial charge in [-0.15, -0.1) is 0 Å². The average molecular weight is 285 g/mol. The van der Waals surface area contributed by atoms with E-state index in [1.807, 2.05) is 13.0 Å². The van der Waals surface area contributed by atoms with Crippen molar-refractivity contribution < 1.29 is 4.39 Å². The monoisotopic (exact) mass is 285 g/mol. The second kappa shape index (κ2) is 6.66. The number of nitrogens with one attached hydrogen (secondary N) is 2. The molecule has 1 heterocycles. The molecule has 0 saturated carbocycles. The van der Waals surface area contributed by atoms with E-state index in [1.165, 1.54) is 18.5 Å². The molecule has 0 fully saturated rings. The van der Waals surface area contributed by atoms with Gasteiger partial charge in [0.2, 0.25) is 0 Å². The lowest BCUT2D eigenvalue weighted by molar-refractivity contribution is 0.624. The van der Waals surface area contributed by atoms with E-state index in [9.17, 15) is 4.39 Å². The van der Waals surface area contributed by atoms with Gasteiger partial charge in [0.1, 0.15) is 29.8 Å². The van der Waals surface area contributed by atoms with Crippen LogP contribution in [-0.4, -0.2) is 16.5 Å². The highest BCUT2D eigenvalue weighted by atomic mass is 19.1. The minimum atomic E-state index is -0.534. The van der Waals surface area contributed by atoms with Gasteiger partial charge in [-0.25, -0.2) is 14.4 Å². The number of rotatable bonds is 5. The Morgan fingerprint density at radius 1 is 1.29 bits per heavy atom. The molecule has 0 aliphatic heterocycles. The van der Waals surface area contributed by atoms with E-state index in [-0.39, 0.29) is 5.56 Å². The normalized spacial score (nSPS) is 10.0. The van der Waals surface area contributed by atoms with Crippen LogP contribution < -0.4 is 10.6 Å². The number of anilines is 3. The van der Waals surface area contributed by atoms with Crippen LogP contribution in [0.5, 0.6) is 0 Å². The Morgan fingerprint density at radius 2 is 2.05 bits per heavy atom. The molecule has 0 aliphatic rings. The number of halogens is 1. The maximum atomic E-state index is 13.3. The van der Waals surface area contributed by atoms with Crippen molar-refractivity contribution in [2.45, 2.75) is 20.3 Å². The van der Waals surface area contributed by atoms with E-state index < -0.39 is 5.82 Å². The number of hydrogen-bond donors (Lipinski definition) is 2. The second-order valence-corrected chi connectivity index (χ2v) is 4.55. The van der Waals surface area contributed by atoms with E-state index in [4.69, 9.17) is 5.26 Å². The summed E-state index contributed by atoms with van der Waals surface area (Å²) >= 11 is 0. The number of benzene rings is 1. The fourth-order valence-corrected chi connectivity index (χ4v) is 1.82. The van der Waals surface area contributed by atoms with Crippen molar-refractivity contribution >= 4 is 17.3 Å². The van der Waals surface area contributed by atoms with Gasteiger partial charge in [-0.1, -0.05) is 6.92 Å². The van der Waals surface area contributed by atoms with Crippen LogP contribution in [0.25, 0.3) is 0 Å². The average Bonchev–Trinajstić information content (AvgIpc) is 2.50. The molecule has 1 aromatic carbocycles. The van der Waals surface area contributed by atoms with Crippen molar-refractivity contribution in [1.29, 1.82) is 5.26 Å². The van der Waals surface area contributed by atoms with Crippen LogP contribution in [0.1, 0.15) is 24.5 Å². The van der Waals surface area contributed by atoms with Crippen LogP contribution >= 0.6 is 0 Å². The van der Waals surface area contributed by atoms with Crippen molar-refractivity contribution in [3.8, 4) is 6.07 Å². The largest absolute Gasteiger partial charge is 0.370 e. The summed E-state index contributed by atoms with van der Waals surface area (Å²) in [5.74, 6) is 0.851. The summed E-state index contributed by atoms with van der Waals surface area (Å²) in [6, 6.07) is 6.09. The van der Waals surface area contributed by atoms with Gasteiger partial charge in [0.25, 0.3) is 0 Å². The molecular weight excluding hydrogens is 269 g/mol. The van der Waals surface area contributed by atoms with Crippen molar-refractivity contribution in [3.05, 3.63) is 41.5 Å². The Labute approximate surface area is 122 Å². The van der Waals surface area contributed by atoms with E-state index in [0.717, 1.165) is 24.3 Å². The summed E-state index contributed by atoms with van der Waals surface area (Å²) in [7, 11) is 0. The van der Waals surface area contributed by atoms with Crippen LogP contribution in [0.3, 0.4) is 0 Å². The van der Waals surface area contributed by atoms with Crippen LogP contribution in [-0.2, 0) is 0 Å². The number of nitrogens with zero attached hydrogens (tertiary/aromatic N) is 3. The topological polar surface area (TPSA) is 73.6 Å². The Hall–Kier alpha value is -2.68. The summed E-state index contributed by atoms with van der Waals surface area (Å²) in [5.41, 5.74) is 1.47. The molecule has 0 aliphatic carbocycles. The summed E-state index contributed by atoms with van der Waals surface area (Å²) in [4.78, 5) is 8.37. The smallest absolute Gasteiger partial charge is 0.141 e. The van der Waals surface area contributed by atoms with Gasteiger partial charge in [0.15, 0.2) is 0 Å². The molecule has 6 heteroatoms. The fourth-order valence-electron chi connectivity index (χ4n) is 1.82. The van der Waals surface area contributed by atoms with Gasteiger partial charge < -0.3 is 10.6 Å². The van der Waals surface area contributed by atoms with Gasteiger partial charge in [-0.05, 0) is 31.5 Å².